The molecule has 0 aliphatic carbocycles. The van der Waals surface area contributed by atoms with E-state index in [0.29, 0.717) is 0 Å². The second kappa shape index (κ2) is 8.08. The Bertz CT molecular complexity index is 154. The normalized spacial score (nSPS) is 7.73. The first kappa shape index (κ1) is 13.6. The minimum absolute atomic E-state index is 0. The second-order valence-corrected chi connectivity index (χ2v) is 1.69. The third-order valence-corrected chi connectivity index (χ3v) is 0.832. The standard InChI is InChI=1S/C7H9O3.Y/c1-3-7(9)4-5-10-6(2)8;/h1,4-5H2,2H3;/q-1;. The van der Waals surface area contributed by atoms with Gasteiger partial charge in [-0.1, -0.05) is 0 Å². The van der Waals surface area contributed by atoms with Crippen molar-refractivity contribution in [2.45, 2.75) is 13.3 Å². The Labute approximate surface area is 91.1 Å². The summed E-state index contributed by atoms with van der Waals surface area (Å²) >= 11 is 0. The van der Waals surface area contributed by atoms with Crippen molar-refractivity contribution in [3.05, 3.63) is 12.7 Å². The van der Waals surface area contributed by atoms with Crippen LogP contribution in [0.5, 0.6) is 0 Å². The Hall–Kier alpha value is -0.0161. The molecule has 0 amide bonds. The van der Waals surface area contributed by atoms with Gasteiger partial charge in [-0.3, -0.25) is 11.4 Å². The van der Waals surface area contributed by atoms with E-state index in [-0.39, 0.29) is 57.5 Å². The smallest absolute Gasteiger partial charge is 0.302 e. The number of ether oxygens (including phenoxy) is 1. The fourth-order valence-electron chi connectivity index (χ4n) is 0.376. The predicted octanol–water partition coefficient (Wildman–Crippen LogP) is 0.495. The van der Waals surface area contributed by atoms with Crippen LogP contribution in [0, 0.1) is 6.08 Å². The molecule has 0 aliphatic heterocycles. The molecule has 0 aliphatic rings. The molecule has 59 valence electrons. The molecular weight excluding hydrogens is 221 g/mol. The SMILES string of the molecule is C=[C-]C(=O)CCOC(C)=O.[Y]. The van der Waals surface area contributed by atoms with Gasteiger partial charge in [0.1, 0.15) is 0 Å². The van der Waals surface area contributed by atoms with Gasteiger partial charge in [-0.05, 0) is 5.78 Å². The average Bonchev–Trinajstić information content (AvgIpc) is 1.87. The molecule has 0 fully saturated rings. The molecular formula is C7H9O3Y-. The summed E-state index contributed by atoms with van der Waals surface area (Å²) < 4.78 is 4.49. The van der Waals surface area contributed by atoms with E-state index in [1.54, 1.807) is 0 Å². The summed E-state index contributed by atoms with van der Waals surface area (Å²) in [7, 11) is 0. The van der Waals surface area contributed by atoms with Crippen molar-refractivity contribution in [3.63, 3.8) is 0 Å². The molecule has 0 bridgehead atoms. The molecule has 0 saturated heterocycles. The van der Waals surface area contributed by atoms with Crippen molar-refractivity contribution in [2.75, 3.05) is 6.61 Å². The first-order chi connectivity index (χ1) is 4.66. The first-order valence-electron chi connectivity index (χ1n) is 2.86. The molecule has 0 spiro atoms. The van der Waals surface area contributed by atoms with Gasteiger partial charge in [-0.2, -0.15) is 0 Å². The van der Waals surface area contributed by atoms with Gasteiger partial charge in [0.2, 0.25) is 0 Å². The van der Waals surface area contributed by atoms with E-state index < -0.39 is 0 Å². The van der Waals surface area contributed by atoms with Gasteiger partial charge in [0, 0.05) is 46.1 Å². The van der Waals surface area contributed by atoms with Crippen molar-refractivity contribution >= 4 is 11.8 Å². The molecule has 0 rings (SSSR count). The van der Waals surface area contributed by atoms with Crippen LogP contribution in [0.4, 0.5) is 0 Å². The quantitative estimate of drug-likeness (QED) is 0.401. The minimum atomic E-state index is -0.378. The van der Waals surface area contributed by atoms with Crippen LogP contribution in [-0.2, 0) is 47.0 Å². The van der Waals surface area contributed by atoms with Gasteiger partial charge in [0.05, 0.1) is 6.61 Å². The molecule has 11 heavy (non-hydrogen) atoms. The Balaban J connectivity index is 0. The van der Waals surface area contributed by atoms with E-state index in [1.807, 2.05) is 0 Å². The molecule has 3 nitrogen and oxygen atoms in total. The zero-order chi connectivity index (χ0) is 7.98. The van der Waals surface area contributed by atoms with Gasteiger partial charge in [-0.15, -0.1) is 0 Å². The summed E-state index contributed by atoms with van der Waals surface area (Å²) in [6.45, 7) is 4.56. The summed E-state index contributed by atoms with van der Waals surface area (Å²) in [5, 5.41) is 0. The van der Waals surface area contributed by atoms with E-state index in [9.17, 15) is 9.59 Å². The molecule has 0 N–H and O–H groups in total. The number of carbonyl (C=O) groups is 2. The zero-order valence-electron chi connectivity index (χ0n) is 6.42. The van der Waals surface area contributed by atoms with Crippen molar-refractivity contribution < 1.29 is 47.0 Å². The van der Waals surface area contributed by atoms with Crippen LogP contribution >= 0.6 is 0 Å². The van der Waals surface area contributed by atoms with Gasteiger partial charge in [-0.25, -0.2) is 0 Å². The number of allylic oxidation sites excluding steroid dienone is 1. The fraction of sp³-hybridized carbons (Fsp3) is 0.429. The first-order valence-corrected chi connectivity index (χ1v) is 2.86. The number of hydrogen-bond acceptors (Lipinski definition) is 3. The van der Waals surface area contributed by atoms with Crippen molar-refractivity contribution in [1.82, 2.24) is 0 Å². The number of ketones is 1. The van der Waals surface area contributed by atoms with Crippen LogP contribution in [0.25, 0.3) is 0 Å². The van der Waals surface area contributed by atoms with Gasteiger partial charge in [0.15, 0.2) is 0 Å². The molecule has 0 unspecified atom stereocenters. The Morgan fingerprint density at radius 1 is 1.55 bits per heavy atom. The van der Waals surface area contributed by atoms with E-state index in [1.165, 1.54) is 6.92 Å². The van der Waals surface area contributed by atoms with Crippen LogP contribution in [0.3, 0.4) is 0 Å². The average molecular weight is 230 g/mol. The monoisotopic (exact) mass is 230 g/mol. The van der Waals surface area contributed by atoms with E-state index in [0.717, 1.165) is 0 Å². The zero-order valence-corrected chi connectivity index (χ0v) is 9.26. The maximum absolute atomic E-state index is 10.4. The number of carbonyl (C=O) groups excluding carboxylic acids is 2. The molecule has 0 heterocycles. The summed E-state index contributed by atoms with van der Waals surface area (Å²) in [4.78, 5) is 20.6. The summed E-state index contributed by atoms with van der Waals surface area (Å²) in [6, 6.07) is 0. The Morgan fingerprint density at radius 2 is 2.09 bits per heavy atom. The van der Waals surface area contributed by atoms with Gasteiger partial charge < -0.3 is 15.6 Å². The fourth-order valence-corrected chi connectivity index (χ4v) is 0.376. The number of Topliss-reactive ketones (excluding diaryl/α,β-unsaturated/α-hetero) is 1. The van der Waals surface area contributed by atoms with Crippen LogP contribution in [-0.4, -0.2) is 18.4 Å². The number of hydrogen-bond donors (Lipinski definition) is 0. The third-order valence-electron chi connectivity index (χ3n) is 0.832. The maximum Gasteiger partial charge on any atom is 0.302 e. The topological polar surface area (TPSA) is 43.4 Å². The van der Waals surface area contributed by atoms with Gasteiger partial charge in [0.25, 0.3) is 0 Å². The van der Waals surface area contributed by atoms with E-state index in [2.05, 4.69) is 17.4 Å². The van der Waals surface area contributed by atoms with E-state index in [4.69, 9.17) is 0 Å². The van der Waals surface area contributed by atoms with Crippen molar-refractivity contribution in [3.8, 4) is 0 Å². The number of rotatable bonds is 4. The maximum atomic E-state index is 10.4. The van der Waals surface area contributed by atoms with Crippen molar-refractivity contribution in [2.24, 2.45) is 0 Å². The molecule has 0 aromatic rings. The van der Waals surface area contributed by atoms with Crippen LogP contribution < -0.4 is 0 Å². The summed E-state index contributed by atoms with van der Waals surface area (Å²) in [5.74, 6) is -0.613. The molecule has 0 atom stereocenters. The largest absolute Gasteiger partial charge is 0.466 e. The predicted molar refractivity (Wildman–Crippen MR) is 35.1 cm³/mol. The molecule has 4 heteroatoms. The third kappa shape index (κ3) is 9.98. The molecule has 1 radical (unpaired) electrons. The molecule has 0 aromatic carbocycles. The van der Waals surface area contributed by atoms with Gasteiger partial charge >= 0.3 is 5.97 Å². The van der Waals surface area contributed by atoms with E-state index >= 15 is 0 Å². The Kier molecular flexibility index (Phi) is 9.97. The molecule has 0 aromatic heterocycles. The summed E-state index contributed by atoms with van der Waals surface area (Å²) in [5.41, 5.74) is 0. The van der Waals surface area contributed by atoms with Crippen LogP contribution in [0.1, 0.15) is 13.3 Å². The minimum Gasteiger partial charge on any atom is -0.466 e. The van der Waals surface area contributed by atoms with Crippen LogP contribution in [0.2, 0.25) is 0 Å². The van der Waals surface area contributed by atoms with Crippen LogP contribution in [0.15, 0.2) is 6.58 Å². The van der Waals surface area contributed by atoms with Crippen molar-refractivity contribution in [1.29, 1.82) is 0 Å². The number of esters is 1. The second-order valence-electron chi connectivity index (χ2n) is 1.69. The summed E-state index contributed by atoms with van der Waals surface area (Å²) in [6.07, 6.45) is 2.33. The Morgan fingerprint density at radius 3 is 2.45 bits per heavy atom. The molecule has 0 saturated carbocycles.